The van der Waals surface area contributed by atoms with Crippen LogP contribution in [0.3, 0.4) is 0 Å². The molecule has 2 aromatic rings. The molecule has 0 spiro atoms. The molecule has 2 aliphatic rings. The predicted octanol–water partition coefficient (Wildman–Crippen LogP) is 2.25. The normalized spacial score (nSPS) is 20.3. The lowest BCUT2D eigenvalue weighted by Gasteiger charge is -2.35. The second-order valence-corrected chi connectivity index (χ2v) is 9.94. The van der Waals surface area contributed by atoms with Crippen LogP contribution in [0.2, 0.25) is 0 Å². The quantitative estimate of drug-likeness (QED) is 0.720. The third-order valence-electron chi connectivity index (χ3n) is 5.69. The van der Waals surface area contributed by atoms with Crippen LogP contribution in [0.4, 0.5) is 4.39 Å². The molecule has 1 atom stereocenters. The Balaban J connectivity index is 1.45. The van der Waals surface area contributed by atoms with Gasteiger partial charge in [0, 0.05) is 25.2 Å². The highest BCUT2D eigenvalue weighted by atomic mass is 32.2. The van der Waals surface area contributed by atoms with Crippen LogP contribution in [-0.4, -0.2) is 52.3 Å². The van der Waals surface area contributed by atoms with Gasteiger partial charge in [0.25, 0.3) is 5.91 Å². The first-order valence-electron chi connectivity index (χ1n) is 10.3. The summed E-state index contributed by atoms with van der Waals surface area (Å²) < 4.78 is 43.3. The van der Waals surface area contributed by atoms with Gasteiger partial charge < -0.3 is 5.32 Å². The lowest BCUT2D eigenvalue weighted by molar-refractivity contribution is 0.0946. The Bertz CT molecular complexity index is 1030. The Morgan fingerprint density at radius 3 is 2.83 bits per heavy atom. The average Bonchev–Trinajstić information content (AvgIpc) is 3.41. The van der Waals surface area contributed by atoms with E-state index in [1.54, 1.807) is 17.8 Å². The van der Waals surface area contributed by atoms with E-state index in [4.69, 9.17) is 0 Å². The Morgan fingerprint density at radius 2 is 2.07 bits per heavy atom. The number of hydrogen-bond donors (Lipinski definition) is 1. The second-order valence-electron chi connectivity index (χ2n) is 8.08. The minimum absolute atomic E-state index is 0.0224. The molecule has 1 aliphatic heterocycles. The number of halogens is 1. The Hall–Kier alpha value is -2.33. The van der Waals surface area contributed by atoms with Crippen molar-refractivity contribution in [3.05, 3.63) is 41.5 Å². The maximum atomic E-state index is 13.7. The van der Waals surface area contributed by atoms with Gasteiger partial charge in [0.2, 0.25) is 10.0 Å². The fourth-order valence-electron chi connectivity index (χ4n) is 3.84. The molecule has 10 heteroatoms. The van der Waals surface area contributed by atoms with Crippen LogP contribution >= 0.6 is 0 Å². The van der Waals surface area contributed by atoms with Crippen molar-refractivity contribution in [2.24, 2.45) is 0 Å². The molecule has 2 fully saturated rings. The molecule has 1 aliphatic carbocycles. The largest absolute Gasteiger partial charge is 0.348 e. The summed E-state index contributed by atoms with van der Waals surface area (Å²) in [7, 11) is -3.80. The maximum absolute atomic E-state index is 13.7. The van der Waals surface area contributed by atoms with Gasteiger partial charge in [0.15, 0.2) is 5.69 Å². The Morgan fingerprint density at radius 1 is 1.27 bits per heavy atom. The number of carbonyl (C=O) groups is 1. The number of hydrogen-bond acceptors (Lipinski definition) is 5. The minimum Gasteiger partial charge on any atom is -0.348 e. The first kappa shape index (κ1) is 20.9. The molecule has 8 nitrogen and oxygen atoms in total. The van der Waals surface area contributed by atoms with E-state index >= 15 is 0 Å². The van der Waals surface area contributed by atoms with Crippen LogP contribution in [0.5, 0.6) is 0 Å². The molecule has 1 saturated heterocycles. The van der Waals surface area contributed by atoms with E-state index in [-0.39, 0.29) is 28.6 Å². The summed E-state index contributed by atoms with van der Waals surface area (Å²) in [5, 5.41) is 10.8. The lowest BCUT2D eigenvalue weighted by Crippen LogP contribution is -2.44. The van der Waals surface area contributed by atoms with Crippen molar-refractivity contribution in [1.29, 1.82) is 0 Å². The molecule has 30 heavy (non-hydrogen) atoms. The summed E-state index contributed by atoms with van der Waals surface area (Å²) in [5.41, 5.74) is 0.800. The molecular weight excluding hydrogens is 409 g/mol. The van der Waals surface area contributed by atoms with Gasteiger partial charge in [0.1, 0.15) is 5.82 Å². The van der Waals surface area contributed by atoms with Crippen molar-refractivity contribution in [3.63, 3.8) is 0 Å². The first-order chi connectivity index (χ1) is 14.3. The average molecular weight is 436 g/mol. The van der Waals surface area contributed by atoms with E-state index in [1.165, 1.54) is 16.4 Å². The van der Waals surface area contributed by atoms with E-state index < -0.39 is 15.8 Å². The van der Waals surface area contributed by atoms with Gasteiger partial charge in [-0.25, -0.2) is 12.8 Å². The molecule has 1 aromatic heterocycles. The molecule has 1 aromatic carbocycles. The monoisotopic (exact) mass is 435 g/mol. The summed E-state index contributed by atoms with van der Waals surface area (Å²) in [6.07, 6.45) is 6.57. The second kappa shape index (κ2) is 8.43. The first-order valence-corrected chi connectivity index (χ1v) is 11.8. The number of benzene rings is 1. The highest BCUT2D eigenvalue weighted by Gasteiger charge is 2.34. The molecule has 1 saturated carbocycles. The van der Waals surface area contributed by atoms with Crippen LogP contribution in [0, 0.1) is 12.7 Å². The van der Waals surface area contributed by atoms with Gasteiger partial charge in [-0.15, -0.1) is 5.10 Å². The van der Waals surface area contributed by atoms with Gasteiger partial charge >= 0.3 is 0 Å². The van der Waals surface area contributed by atoms with Crippen LogP contribution in [0.25, 0.3) is 0 Å². The fraction of sp³-hybridized carbons (Fsp3) is 0.550. The standard InChI is InChI=1S/C20H26FN5O3S/c1-14-5-6-15(21)12-19(14)30(28,29)26-10-3-2-4-17(26)9-11-25-13-18(23-24-25)20(27)22-16-7-8-16/h5-6,12-13,16-17H,2-4,7-11H2,1H3,(H,22,27). The molecule has 2 heterocycles. The van der Waals surface area contributed by atoms with Crippen LogP contribution < -0.4 is 5.32 Å². The highest BCUT2D eigenvalue weighted by molar-refractivity contribution is 7.89. The van der Waals surface area contributed by atoms with Crippen molar-refractivity contribution < 1.29 is 17.6 Å². The zero-order valence-corrected chi connectivity index (χ0v) is 17.7. The SMILES string of the molecule is Cc1ccc(F)cc1S(=O)(=O)N1CCCCC1CCn1cc(C(=O)NC2CC2)nn1. The van der Waals surface area contributed by atoms with Gasteiger partial charge in [-0.05, 0) is 56.7 Å². The van der Waals surface area contributed by atoms with Crippen molar-refractivity contribution >= 4 is 15.9 Å². The molecule has 4 rings (SSSR count). The van der Waals surface area contributed by atoms with Crippen LogP contribution in [0.1, 0.15) is 54.6 Å². The van der Waals surface area contributed by atoms with Gasteiger partial charge in [-0.2, -0.15) is 4.31 Å². The van der Waals surface area contributed by atoms with Crippen molar-refractivity contribution in [3.8, 4) is 0 Å². The molecule has 0 bridgehead atoms. The number of aryl methyl sites for hydroxylation is 2. The van der Waals surface area contributed by atoms with Crippen LogP contribution in [-0.2, 0) is 16.6 Å². The molecule has 1 amide bonds. The summed E-state index contributed by atoms with van der Waals surface area (Å²) in [6, 6.07) is 3.89. The Labute approximate surface area is 175 Å². The van der Waals surface area contributed by atoms with E-state index in [0.29, 0.717) is 25.1 Å². The summed E-state index contributed by atoms with van der Waals surface area (Å²) in [5.74, 6) is -0.792. The molecule has 0 radical (unpaired) electrons. The number of rotatable bonds is 7. The number of sulfonamides is 1. The third kappa shape index (κ3) is 4.54. The lowest BCUT2D eigenvalue weighted by atomic mass is 10.0. The number of amides is 1. The number of nitrogens with one attached hydrogen (secondary N) is 1. The molecular formula is C20H26FN5O3S. The van der Waals surface area contributed by atoms with Crippen LogP contribution in [0.15, 0.2) is 29.3 Å². The molecule has 1 unspecified atom stereocenters. The van der Waals surface area contributed by atoms with Crippen molar-refractivity contribution in [1.82, 2.24) is 24.6 Å². The fourth-order valence-corrected chi connectivity index (χ4v) is 5.80. The number of nitrogens with zero attached hydrogens (tertiary/aromatic N) is 4. The van der Waals surface area contributed by atoms with E-state index in [9.17, 15) is 17.6 Å². The van der Waals surface area contributed by atoms with E-state index in [0.717, 1.165) is 38.2 Å². The van der Waals surface area contributed by atoms with Gasteiger partial charge in [-0.1, -0.05) is 17.7 Å². The number of carbonyl (C=O) groups excluding carboxylic acids is 1. The van der Waals surface area contributed by atoms with E-state index in [2.05, 4.69) is 15.6 Å². The minimum atomic E-state index is -3.80. The van der Waals surface area contributed by atoms with E-state index in [1.807, 2.05) is 0 Å². The predicted molar refractivity (Wildman–Crippen MR) is 108 cm³/mol. The van der Waals surface area contributed by atoms with Crippen molar-refractivity contribution in [2.75, 3.05) is 6.54 Å². The van der Waals surface area contributed by atoms with Gasteiger partial charge in [0.05, 0.1) is 11.1 Å². The van der Waals surface area contributed by atoms with Crippen molar-refractivity contribution in [2.45, 2.75) is 69.0 Å². The maximum Gasteiger partial charge on any atom is 0.273 e. The third-order valence-corrected chi connectivity index (χ3v) is 7.78. The van der Waals surface area contributed by atoms with Gasteiger partial charge in [-0.3, -0.25) is 9.48 Å². The summed E-state index contributed by atoms with van der Waals surface area (Å²) >= 11 is 0. The highest BCUT2D eigenvalue weighted by Crippen LogP contribution is 2.29. The summed E-state index contributed by atoms with van der Waals surface area (Å²) in [6.45, 7) is 2.53. The Kier molecular flexibility index (Phi) is 5.88. The molecule has 1 N–H and O–H groups in total. The zero-order chi connectivity index (χ0) is 21.3. The molecule has 162 valence electrons. The topological polar surface area (TPSA) is 97.2 Å². The number of piperidine rings is 1. The summed E-state index contributed by atoms with van der Waals surface area (Å²) in [4.78, 5) is 12.1. The zero-order valence-electron chi connectivity index (χ0n) is 16.9. The smallest absolute Gasteiger partial charge is 0.273 e. The number of aromatic nitrogens is 3.